The fourth-order valence-corrected chi connectivity index (χ4v) is 2.89. The Morgan fingerprint density at radius 2 is 1.73 bits per heavy atom. The molecule has 5 nitrogen and oxygen atoms in total. The fourth-order valence-electron chi connectivity index (χ4n) is 2.03. The lowest BCUT2D eigenvalue weighted by molar-refractivity contribution is 0.997. The van der Waals surface area contributed by atoms with Crippen LogP contribution in [0.4, 0.5) is 0 Å². The quantitative estimate of drug-likeness (QED) is 0.612. The van der Waals surface area contributed by atoms with Crippen molar-refractivity contribution in [2.45, 2.75) is 26.7 Å². The minimum atomic E-state index is 0.810. The number of hydrogen-bond acceptors (Lipinski definition) is 5. The van der Waals surface area contributed by atoms with Crippen LogP contribution in [0.15, 0.2) is 36.7 Å². The number of aromatic amines is 1. The van der Waals surface area contributed by atoms with E-state index in [1.165, 1.54) is 9.71 Å². The molecule has 0 aliphatic heterocycles. The van der Waals surface area contributed by atoms with Crippen molar-refractivity contribution in [2.24, 2.45) is 0 Å². The zero-order valence-corrected chi connectivity index (χ0v) is 13.4. The fraction of sp³-hybridized carbons (Fsp3) is 0.250. The number of hydrogen-bond donors (Lipinski definition) is 1. The maximum Gasteiger partial charge on any atom is 0.177 e. The van der Waals surface area contributed by atoms with Crippen LogP contribution < -0.4 is 0 Å². The highest BCUT2D eigenvalue weighted by Crippen LogP contribution is 2.19. The Morgan fingerprint density at radius 3 is 2.41 bits per heavy atom. The number of imidazole rings is 1. The lowest BCUT2D eigenvalue weighted by Crippen LogP contribution is -1.79. The number of nitrogens with zero attached hydrogens (tertiary/aromatic N) is 4. The van der Waals surface area contributed by atoms with Crippen LogP contribution in [0, 0.1) is 0 Å². The topological polar surface area (TPSA) is 67.3 Å². The molecule has 6 heteroatoms. The van der Waals surface area contributed by atoms with Gasteiger partial charge in [0.25, 0.3) is 0 Å². The van der Waals surface area contributed by atoms with E-state index in [2.05, 4.69) is 44.8 Å². The van der Waals surface area contributed by atoms with Gasteiger partial charge in [-0.05, 0) is 30.7 Å². The molecule has 1 N–H and O–H groups in total. The van der Waals surface area contributed by atoms with E-state index in [-0.39, 0.29) is 0 Å². The molecule has 112 valence electrons. The molecule has 0 aromatic carbocycles. The van der Waals surface area contributed by atoms with Crippen molar-refractivity contribution in [1.29, 1.82) is 0 Å². The molecule has 0 atom stereocenters. The number of nitrogens with one attached hydrogen (secondary N) is 1. The predicted molar refractivity (Wildman–Crippen MR) is 90.1 cm³/mol. The van der Waals surface area contributed by atoms with Crippen LogP contribution in [-0.2, 0) is 12.8 Å². The van der Waals surface area contributed by atoms with Crippen LogP contribution in [0.5, 0.6) is 0 Å². The molecule has 0 unspecified atom stereocenters. The molecule has 0 amide bonds. The van der Waals surface area contributed by atoms with Crippen molar-refractivity contribution < 1.29 is 0 Å². The third-order valence-electron chi connectivity index (χ3n) is 3.15. The number of aryl methyl sites for hydroxylation is 2. The molecule has 4 aromatic heterocycles. The van der Waals surface area contributed by atoms with Gasteiger partial charge in [0.2, 0.25) is 0 Å². The molecule has 0 aliphatic carbocycles. The Balaban J connectivity index is 0.000000131. The highest BCUT2D eigenvalue weighted by molar-refractivity contribution is 7.18. The standard InChI is InChI=1S/C8H9N3.C8H8N2S/c1-2-7-10-6-4-3-5-9-8(6)11-7;1-2-7-10-8-6(11-7)4-3-5-9-8/h3-5H,2H2,1H3,(H,9,10,11);3-5H,2H2,1H3. The Labute approximate surface area is 132 Å². The molecule has 0 fully saturated rings. The number of fused-ring (bicyclic) bond motifs is 2. The van der Waals surface area contributed by atoms with Crippen LogP contribution in [0.3, 0.4) is 0 Å². The summed E-state index contributed by atoms with van der Waals surface area (Å²) in [6, 6.07) is 7.88. The minimum absolute atomic E-state index is 0.810. The van der Waals surface area contributed by atoms with E-state index in [9.17, 15) is 0 Å². The molecule has 0 saturated carbocycles. The van der Waals surface area contributed by atoms with E-state index >= 15 is 0 Å². The van der Waals surface area contributed by atoms with E-state index in [0.29, 0.717) is 0 Å². The maximum absolute atomic E-state index is 4.34. The number of thiazole rings is 1. The average molecular weight is 311 g/mol. The Kier molecular flexibility index (Phi) is 4.39. The molecule has 0 aliphatic rings. The van der Waals surface area contributed by atoms with Gasteiger partial charge in [0.05, 0.1) is 15.2 Å². The summed E-state index contributed by atoms with van der Waals surface area (Å²) >= 11 is 1.72. The minimum Gasteiger partial charge on any atom is -0.341 e. The van der Waals surface area contributed by atoms with Crippen LogP contribution in [0.2, 0.25) is 0 Å². The summed E-state index contributed by atoms with van der Waals surface area (Å²) in [5.41, 5.74) is 2.71. The van der Waals surface area contributed by atoms with Crippen molar-refractivity contribution in [1.82, 2.24) is 24.9 Å². The summed E-state index contributed by atoms with van der Waals surface area (Å²) in [5.74, 6) is 0.999. The largest absolute Gasteiger partial charge is 0.341 e. The second-order valence-corrected chi connectivity index (χ2v) is 5.81. The van der Waals surface area contributed by atoms with E-state index < -0.39 is 0 Å². The highest BCUT2D eigenvalue weighted by atomic mass is 32.1. The first kappa shape index (κ1) is 14.6. The summed E-state index contributed by atoms with van der Waals surface area (Å²) in [6.45, 7) is 4.18. The van der Waals surface area contributed by atoms with E-state index in [1.807, 2.05) is 18.2 Å². The molecular weight excluding hydrogens is 294 g/mol. The Morgan fingerprint density at radius 1 is 0.955 bits per heavy atom. The number of pyridine rings is 2. The number of rotatable bonds is 2. The zero-order valence-electron chi connectivity index (χ0n) is 12.6. The van der Waals surface area contributed by atoms with E-state index in [0.717, 1.165) is 35.5 Å². The van der Waals surface area contributed by atoms with Gasteiger partial charge in [-0.3, -0.25) is 0 Å². The molecule has 0 spiro atoms. The molecular formula is C16H17N5S. The van der Waals surface area contributed by atoms with E-state index in [1.54, 1.807) is 23.7 Å². The summed E-state index contributed by atoms with van der Waals surface area (Å²) in [5, 5.41) is 1.17. The lowest BCUT2D eigenvalue weighted by atomic mass is 10.4. The first-order valence-corrected chi connectivity index (χ1v) is 8.11. The second kappa shape index (κ2) is 6.62. The molecule has 0 bridgehead atoms. The van der Waals surface area contributed by atoms with Crippen molar-refractivity contribution in [3.63, 3.8) is 0 Å². The van der Waals surface area contributed by atoms with Crippen LogP contribution in [-0.4, -0.2) is 24.9 Å². The lowest BCUT2D eigenvalue weighted by Gasteiger charge is -1.81. The van der Waals surface area contributed by atoms with Crippen molar-refractivity contribution in [3.05, 3.63) is 47.5 Å². The summed E-state index contributed by atoms with van der Waals surface area (Å²) in [6.07, 6.45) is 5.46. The van der Waals surface area contributed by atoms with Crippen molar-refractivity contribution in [3.8, 4) is 0 Å². The summed E-state index contributed by atoms with van der Waals surface area (Å²) in [4.78, 5) is 20.0. The smallest absolute Gasteiger partial charge is 0.177 e. The third kappa shape index (κ3) is 3.12. The van der Waals surface area contributed by atoms with Crippen molar-refractivity contribution in [2.75, 3.05) is 0 Å². The molecule has 4 rings (SSSR count). The first-order valence-electron chi connectivity index (χ1n) is 7.30. The second-order valence-electron chi connectivity index (χ2n) is 4.70. The zero-order chi connectivity index (χ0) is 15.4. The van der Waals surface area contributed by atoms with Crippen molar-refractivity contribution >= 4 is 32.8 Å². The Hall–Kier alpha value is -2.34. The molecule has 0 radical (unpaired) electrons. The van der Waals surface area contributed by atoms with Gasteiger partial charge in [0.15, 0.2) is 11.3 Å². The summed E-state index contributed by atoms with van der Waals surface area (Å²) < 4.78 is 1.18. The first-order chi connectivity index (χ1) is 10.8. The molecule has 22 heavy (non-hydrogen) atoms. The van der Waals surface area contributed by atoms with Gasteiger partial charge < -0.3 is 4.98 Å². The molecule has 4 aromatic rings. The van der Waals surface area contributed by atoms with Gasteiger partial charge in [-0.15, -0.1) is 11.3 Å². The molecule has 4 heterocycles. The predicted octanol–water partition coefficient (Wildman–Crippen LogP) is 3.77. The summed E-state index contributed by atoms with van der Waals surface area (Å²) in [7, 11) is 0. The van der Waals surface area contributed by atoms with Gasteiger partial charge in [-0.25, -0.2) is 19.9 Å². The number of H-pyrrole nitrogens is 1. The molecule has 0 saturated heterocycles. The van der Waals surface area contributed by atoms with Gasteiger partial charge in [0.1, 0.15) is 5.82 Å². The Bertz CT molecular complexity index is 740. The third-order valence-corrected chi connectivity index (χ3v) is 4.31. The van der Waals surface area contributed by atoms with E-state index in [4.69, 9.17) is 0 Å². The maximum atomic E-state index is 4.34. The monoisotopic (exact) mass is 311 g/mol. The number of aromatic nitrogens is 5. The van der Waals surface area contributed by atoms with Gasteiger partial charge in [-0.1, -0.05) is 13.8 Å². The van der Waals surface area contributed by atoms with Crippen LogP contribution >= 0.6 is 11.3 Å². The normalized spacial score (nSPS) is 10.6. The highest BCUT2D eigenvalue weighted by Gasteiger charge is 2.00. The SMILES string of the molecule is CCc1nc2ncccc2[nH]1.CCc1nc2ncccc2s1. The van der Waals surface area contributed by atoms with Crippen LogP contribution in [0.25, 0.3) is 21.5 Å². The average Bonchev–Trinajstić information content (AvgIpc) is 3.18. The van der Waals surface area contributed by atoms with Gasteiger partial charge >= 0.3 is 0 Å². The van der Waals surface area contributed by atoms with Gasteiger partial charge in [0, 0.05) is 18.8 Å². The van der Waals surface area contributed by atoms with Crippen LogP contribution in [0.1, 0.15) is 24.7 Å². The van der Waals surface area contributed by atoms with Gasteiger partial charge in [-0.2, -0.15) is 0 Å².